The molecule has 25 heavy (non-hydrogen) atoms. The molecule has 5 heteroatoms. The quantitative estimate of drug-likeness (QED) is 0.721. The van der Waals surface area contributed by atoms with Crippen molar-refractivity contribution in [2.45, 2.75) is 32.4 Å². The molecular weight excluding hydrogens is 314 g/mol. The topological polar surface area (TPSA) is 74.8 Å². The van der Waals surface area contributed by atoms with Gasteiger partial charge in [-0.1, -0.05) is 67.6 Å². The van der Waals surface area contributed by atoms with E-state index in [2.05, 4.69) is 10.6 Å². The molecule has 0 unspecified atom stereocenters. The summed E-state index contributed by atoms with van der Waals surface area (Å²) in [5.41, 5.74) is 2.23. The van der Waals surface area contributed by atoms with Gasteiger partial charge in [-0.25, -0.2) is 4.79 Å². The van der Waals surface area contributed by atoms with Gasteiger partial charge in [0.25, 0.3) is 5.91 Å². The highest BCUT2D eigenvalue weighted by Gasteiger charge is 2.19. The average molecular weight is 340 g/mol. The van der Waals surface area contributed by atoms with E-state index in [9.17, 15) is 9.59 Å². The van der Waals surface area contributed by atoms with Crippen LogP contribution in [0.3, 0.4) is 0 Å². The maximum Gasteiger partial charge on any atom is 0.321 e. The van der Waals surface area contributed by atoms with Crippen LogP contribution in [0.15, 0.2) is 60.7 Å². The molecule has 132 valence electrons. The molecule has 0 spiro atoms. The lowest BCUT2D eigenvalue weighted by molar-refractivity contribution is -0.676. The first-order valence-corrected chi connectivity index (χ1v) is 8.63. The third-order valence-corrected chi connectivity index (χ3v) is 4.10. The minimum atomic E-state index is -0.441. The van der Waals surface area contributed by atoms with E-state index in [1.165, 1.54) is 0 Å². The van der Waals surface area contributed by atoms with Gasteiger partial charge in [-0.05, 0) is 13.3 Å². The summed E-state index contributed by atoms with van der Waals surface area (Å²) in [4.78, 5) is 23.8. The van der Waals surface area contributed by atoms with Crippen LogP contribution in [-0.2, 0) is 4.79 Å². The lowest BCUT2D eigenvalue weighted by Gasteiger charge is -2.17. The van der Waals surface area contributed by atoms with E-state index in [1.54, 1.807) is 0 Å². The minimum Gasteiger partial charge on any atom is -0.335 e. The van der Waals surface area contributed by atoms with Crippen LogP contribution in [0.1, 0.15) is 37.4 Å². The fraction of sp³-hybridized carbons (Fsp3) is 0.300. The first-order chi connectivity index (χ1) is 12.1. The Labute approximate surface area is 148 Å². The molecule has 2 rings (SSSR count). The second kappa shape index (κ2) is 9.59. The van der Waals surface area contributed by atoms with Gasteiger partial charge in [0.1, 0.15) is 6.04 Å². The lowest BCUT2D eigenvalue weighted by Crippen LogP contribution is -2.88. The summed E-state index contributed by atoms with van der Waals surface area (Å²) < 4.78 is 0. The van der Waals surface area contributed by atoms with Crippen LogP contribution in [-0.4, -0.2) is 24.5 Å². The van der Waals surface area contributed by atoms with Gasteiger partial charge in [0.15, 0.2) is 6.54 Å². The Morgan fingerprint density at radius 1 is 0.960 bits per heavy atom. The molecule has 3 amide bonds. The summed E-state index contributed by atoms with van der Waals surface area (Å²) in [6.45, 7) is 4.05. The Balaban J connectivity index is 1.99. The number of imide groups is 1. The number of hydrogen-bond donors (Lipinski definition) is 3. The van der Waals surface area contributed by atoms with Crippen LogP contribution in [0.25, 0.3) is 0 Å². The number of nitrogens with one attached hydrogen (secondary N) is 2. The van der Waals surface area contributed by atoms with E-state index < -0.39 is 6.03 Å². The zero-order valence-corrected chi connectivity index (χ0v) is 14.7. The Kier molecular flexibility index (Phi) is 7.16. The molecular formula is C20H26N3O2+. The normalized spacial score (nSPS) is 11.8. The SMILES string of the molecule is CC[C@H](C)NC(=O)NC(=O)C[NH2+]C(c1ccccc1)c1ccccc1. The second-order valence-electron chi connectivity index (χ2n) is 6.07. The summed E-state index contributed by atoms with van der Waals surface area (Å²) in [7, 11) is 0. The first-order valence-electron chi connectivity index (χ1n) is 8.63. The third kappa shape index (κ3) is 6.04. The summed E-state index contributed by atoms with van der Waals surface area (Å²) in [5, 5.41) is 7.05. The largest absolute Gasteiger partial charge is 0.335 e. The highest BCUT2D eigenvalue weighted by atomic mass is 16.2. The van der Waals surface area contributed by atoms with Crippen LogP contribution >= 0.6 is 0 Å². The number of quaternary nitrogens is 1. The molecule has 1 atom stereocenters. The van der Waals surface area contributed by atoms with Crippen molar-refractivity contribution in [3.05, 3.63) is 71.8 Å². The maximum absolute atomic E-state index is 12.1. The van der Waals surface area contributed by atoms with Gasteiger partial charge in [-0.2, -0.15) is 0 Å². The molecule has 0 bridgehead atoms. The Bertz CT molecular complexity index is 634. The van der Waals surface area contributed by atoms with Crippen molar-refractivity contribution >= 4 is 11.9 Å². The van der Waals surface area contributed by atoms with Crippen LogP contribution in [0.5, 0.6) is 0 Å². The number of carbonyl (C=O) groups is 2. The molecule has 2 aromatic rings. The molecule has 5 nitrogen and oxygen atoms in total. The molecule has 4 N–H and O–H groups in total. The number of benzene rings is 2. The van der Waals surface area contributed by atoms with Gasteiger partial charge in [0.05, 0.1) is 0 Å². The molecule has 2 aromatic carbocycles. The number of nitrogens with two attached hydrogens (primary N) is 1. The molecule has 0 saturated carbocycles. The van der Waals surface area contributed by atoms with Crippen molar-refractivity contribution in [1.29, 1.82) is 0 Å². The van der Waals surface area contributed by atoms with Crippen LogP contribution < -0.4 is 16.0 Å². The highest BCUT2D eigenvalue weighted by molar-refractivity contribution is 5.94. The van der Waals surface area contributed by atoms with Crippen LogP contribution in [0, 0.1) is 0 Å². The van der Waals surface area contributed by atoms with E-state index in [0.29, 0.717) is 0 Å². The van der Waals surface area contributed by atoms with Crippen molar-refractivity contribution in [1.82, 2.24) is 10.6 Å². The van der Waals surface area contributed by atoms with E-state index >= 15 is 0 Å². The molecule has 0 saturated heterocycles. The number of rotatable bonds is 7. The zero-order valence-electron chi connectivity index (χ0n) is 14.7. The second-order valence-corrected chi connectivity index (χ2v) is 6.07. The smallest absolute Gasteiger partial charge is 0.321 e. The van der Waals surface area contributed by atoms with E-state index in [-0.39, 0.29) is 24.5 Å². The van der Waals surface area contributed by atoms with Gasteiger partial charge >= 0.3 is 6.03 Å². The summed E-state index contributed by atoms with van der Waals surface area (Å²) >= 11 is 0. The van der Waals surface area contributed by atoms with Gasteiger partial charge < -0.3 is 10.6 Å². The Hall–Kier alpha value is -2.66. The average Bonchev–Trinajstić information content (AvgIpc) is 2.63. The predicted molar refractivity (Wildman–Crippen MR) is 97.9 cm³/mol. The molecule has 0 aliphatic heterocycles. The Morgan fingerprint density at radius 2 is 1.48 bits per heavy atom. The number of amides is 3. The van der Waals surface area contributed by atoms with Crippen LogP contribution in [0.4, 0.5) is 4.79 Å². The minimum absolute atomic E-state index is 0.00535. The van der Waals surface area contributed by atoms with Crippen LogP contribution in [0.2, 0.25) is 0 Å². The van der Waals surface area contributed by atoms with E-state index in [4.69, 9.17) is 0 Å². The van der Waals surface area contributed by atoms with Crippen molar-refractivity contribution in [3.63, 3.8) is 0 Å². The van der Waals surface area contributed by atoms with Crippen molar-refractivity contribution < 1.29 is 14.9 Å². The number of urea groups is 1. The predicted octanol–water partition coefficient (Wildman–Crippen LogP) is 1.96. The highest BCUT2D eigenvalue weighted by Crippen LogP contribution is 2.17. The third-order valence-electron chi connectivity index (χ3n) is 4.10. The van der Waals surface area contributed by atoms with Gasteiger partial charge in [0, 0.05) is 17.2 Å². The van der Waals surface area contributed by atoms with Gasteiger partial charge in [-0.3, -0.25) is 10.1 Å². The monoisotopic (exact) mass is 340 g/mol. The molecule has 0 fully saturated rings. The van der Waals surface area contributed by atoms with Crippen molar-refractivity contribution in [3.8, 4) is 0 Å². The van der Waals surface area contributed by atoms with Crippen molar-refractivity contribution in [2.75, 3.05) is 6.54 Å². The number of carbonyl (C=O) groups excluding carboxylic acids is 2. The number of hydrogen-bond acceptors (Lipinski definition) is 2. The summed E-state index contributed by atoms with van der Waals surface area (Å²) in [5.74, 6) is -0.308. The van der Waals surface area contributed by atoms with Gasteiger partial charge in [-0.15, -0.1) is 0 Å². The standard InChI is InChI=1S/C20H25N3O2/c1-3-15(2)22-20(25)23-18(24)14-21-19(16-10-6-4-7-11-16)17-12-8-5-9-13-17/h4-13,15,19,21H,3,14H2,1-2H3,(H2,22,23,24,25)/p+1/t15-/m0/s1. The zero-order chi connectivity index (χ0) is 18.1. The fourth-order valence-electron chi connectivity index (χ4n) is 2.55. The lowest BCUT2D eigenvalue weighted by atomic mass is 9.99. The molecule has 0 heterocycles. The maximum atomic E-state index is 12.1. The van der Waals surface area contributed by atoms with E-state index in [0.717, 1.165) is 17.5 Å². The fourth-order valence-corrected chi connectivity index (χ4v) is 2.55. The molecule has 0 aromatic heterocycles. The van der Waals surface area contributed by atoms with Gasteiger partial charge in [0.2, 0.25) is 0 Å². The van der Waals surface area contributed by atoms with Crippen molar-refractivity contribution in [2.24, 2.45) is 0 Å². The summed E-state index contributed by atoms with van der Waals surface area (Å²) in [6.07, 6.45) is 0.817. The summed E-state index contributed by atoms with van der Waals surface area (Å²) in [6, 6.07) is 19.7. The Morgan fingerprint density at radius 3 is 1.96 bits per heavy atom. The first kappa shape index (κ1) is 18.7. The van der Waals surface area contributed by atoms with E-state index in [1.807, 2.05) is 79.8 Å². The molecule has 0 radical (unpaired) electrons. The molecule has 0 aliphatic rings. The molecule has 0 aliphatic carbocycles.